The van der Waals surface area contributed by atoms with Gasteiger partial charge in [-0.3, -0.25) is 4.79 Å². The normalized spacial score (nSPS) is 12.0. The second-order valence-electron chi connectivity index (χ2n) is 8.16. The van der Waals surface area contributed by atoms with E-state index in [0.717, 1.165) is 4.47 Å². The number of hydrogen-bond donors (Lipinski definition) is 0. The number of halogens is 3. The maximum atomic E-state index is 12.9. The summed E-state index contributed by atoms with van der Waals surface area (Å²) >= 11 is 13.4. The van der Waals surface area contributed by atoms with Crippen LogP contribution in [0, 0.1) is 12.3 Å². The zero-order chi connectivity index (χ0) is 22.9. The number of aromatic nitrogens is 2. The molecule has 0 radical (unpaired) electrons. The van der Waals surface area contributed by atoms with Crippen LogP contribution in [0.2, 0.25) is 5.02 Å². The van der Waals surface area contributed by atoms with Gasteiger partial charge in [0.05, 0.1) is 30.8 Å². The third-order valence-electron chi connectivity index (χ3n) is 4.31. The maximum absolute atomic E-state index is 12.9. The van der Waals surface area contributed by atoms with Crippen molar-refractivity contribution in [2.45, 2.75) is 27.7 Å². The van der Waals surface area contributed by atoms with Crippen molar-refractivity contribution in [3.05, 3.63) is 60.0 Å². The summed E-state index contributed by atoms with van der Waals surface area (Å²) in [6.07, 6.45) is 1.53. The van der Waals surface area contributed by atoms with Gasteiger partial charge in [0.2, 0.25) is 0 Å². The molecule has 3 rings (SSSR count). The molecule has 0 unspecified atom stereocenters. The summed E-state index contributed by atoms with van der Waals surface area (Å²) in [5.41, 5.74) is 0.936. The summed E-state index contributed by atoms with van der Waals surface area (Å²) in [4.78, 5) is 17.4. The Bertz CT molecular complexity index is 1230. The molecule has 0 N–H and O–H groups in total. The van der Waals surface area contributed by atoms with Crippen LogP contribution < -0.4 is 15.0 Å². The molecule has 164 valence electrons. The molecule has 0 atom stereocenters. The van der Waals surface area contributed by atoms with Gasteiger partial charge in [0.1, 0.15) is 10.8 Å². The second-order valence-corrected chi connectivity index (χ2v) is 10.2. The second kappa shape index (κ2) is 9.30. The van der Waals surface area contributed by atoms with Gasteiger partial charge in [0.25, 0.3) is 5.56 Å². The predicted molar refractivity (Wildman–Crippen MR) is 132 cm³/mol. The van der Waals surface area contributed by atoms with E-state index in [9.17, 15) is 4.79 Å². The first-order valence-electron chi connectivity index (χ1n) is 9.44. The van der Waals surface area contributed by atoms with Crippen molar-refractivity contribution in [2.24, 2.45) is 10.5 Å². The van der Waals surface area contributed by atoms with Gasteiger partial charge in [0.15, 0.2) is 11.5 Å². The van der Waals surface area contributed by atoms with E-state index >= 15 is 0 Å². The fourth-order valence-electron chi connectivity index (χ4n) is 2.79. The van der Waals surface area contributed by atoms with E-state index in [1.807, 2.05) is 6.07 Å². The first kappa shape index (κ1) is 23.8. The third kappa shape index (κ3) is 5.30. The van der Waals surface area contributed by atoms with E-state index in [4.69, 9.17) is 21.1 Å². The van der Waals surface area contributed by atoms with E-state index in [0.29, 0.717) is 49.9 Å². The summed E-state index contributed by atoms with van der Waals surface area (Å²) in [7, 11) is 1.55. The number of benzene rings is 2. The molecule has 1 aromatic heterocycles. The van der Waals surface area contributed by atoms with E-state index in [1.165, 1.54) is 10.9 Å². The highest BCUT2D eigenvalue weighted by Gasteiger charge is 2.20. The standard InChI is InChI=1S/C22H22Br2ClN3O3/c1-12-27-16-7-6-14(23)9-15(16)21(29)28(12)26-10-13-8-17(30-5)20(19(25)18(13)24)31-11-22(2,3)4/h6-10H,11H2,1-5H3. The number of aryl methyl sites for hydroxylation is 1. The van der Waals surface area contributed by atoms with Crippen molar-refractivity contribution >= 4 is 60.6 Å². The van der Waals surface area contributed by atoms with Crippen LogP contribution in [0.25, 0.3) is 10.9 Å². The largest absolute Gasteiger partial charge is 0.493 e. The summed E-state index contributed by atoms with van der Waals surface area (Å²) in [5.74, 6) is 1.40. The molecule has 0 aliphatic carbocycles. The molecule has 0 saturated heterocycles. The molecule has 0 fully saturated rings. The Hall–Kier alpha value is -1.90. The molecule has 0 aliphatic rings. The minimum absolute atomic E-state index is 0.0439. The number of ether oxygens (including phenoxy) is 2. The van der Waals surface area contributed by atoms with Gasteiger partial charge in [-0.05, 0) is 52.5 Å². The SMILES string of the molecule is COc1cc(C=Nn2c(C)nc3ccc(Br)cc3c2=O)c(Br)c(Cl)c1OCC(C)(C)C. The Labute approximate surface area is 202 Å². The maximum Gasteiger partial charge on any atom is 0.282 e. The quantitative estimate of drug-likeness (QED) is 0.342. The van der Waals surface area contributed by atoms with Gasteiger partial charge in [0, 0.05) is 14.5 Å². The van der Waals surface area contributed by atoms with Gasteiger partial charge in [-0.2, -0.15) is 9.78 Å². The highest BCUT2D eigenvalue weighted by molar-refractivity contribution is 9.10. The molecule has 1 heterocycles. The number of fused-ring (bicyclic) bond motifs is 1. The van der Waals surface area contributed by atoms with Gasteiger partial charge >= 0.3 is 0 Å². The first-order chi connectivity index (χ1) is 14.5. The zero-order valence-electron chi connectivity index (χ0n) is 17.8. The highest BCUT2D eigenvalue weighted by Crippen LogP contribution is 2.42. The van der Waals surface area contributed by atoms with Gasteiger partial charge in [-0.1, -0.05) is 48.3 Å². The molecule has 0 spiro atoms. The van der Waals surface area contributed by atoms with E-state index < -0.39 is 0 Å². The molecule has 6 nitrogen and oxygen atoms in total. The molecule has 0 saturated carbocycles. The Kier molecular flexibility index (Phi) is 7.13. The molecule has 9 heteroatoms. The van der Waals surface area contributed by atoms with Crippen LogP contribution in [-0.2, 0) is 0 Å². The number of hydrogen-bond acceptors (Lipinski definition) is 5. The van der Waals surface area contributed by atoms with Crippen molar-refractivity contribution in [1.82, 2.24) is 9.66 Å². The highest BCUT2D eigenvalue weighted by atomic mass is 79.9. The minimum atomic E-state index is -0.264. The van der Waals surface area contributed by atoms with Crippen LogP contribution in [0.5, 0.6) is 11.5 Å². The van der Waals surface area contributed by atoms with Gasteiger partial charge in [-0.15, -0.1) is 0 Å². The topological polar surface area (TPSA) is 65.7 Å². The lowest BCUT2D eigenvalue weighted by Gasteiger charge is -2.21. The lowest BCUT2D eigenvalue weighted by Crippen LogP contribution is -2.20. The predicted octanol–water partition coefficient (Wildman–Crippen LogP) is 6.20. The lowest BCUT2D eigenvalue weighted by atomic mass is 9.99. The van der Waals surface area contributed by atoms with Crippen molar-refractivity contribution in [1.29, 1.82) is 0 Å². The molecular formula is C22H22Br2ClN3O3. The van der Waals surface area contributed by atoms with E-state index in [1.54, 1.807) is 32.2 Å². The fraction of sp³-hybridized carbons (Fsp3) is 0.318. The van der Waals surface area contributed by atoms with Crippen LogP contribution in [0.1, 0.15) is 32.2 Å². The van der Waals surface area contributed by atoms with E-state index in [2.05, 4.69) is 62.7 Å². The van der Waals surface area contributed by atoms with Crippen molar-refractivity contribution < 1.29 is 9.47 Å². The summed E-state index contributed by atoms with van der Waals surface area (Å²) in [6, 6.07) is 7.12. The van der Waals surface area contributed by atoms with Crippen LogP contribution in [0.3, 0.4) is 0 Å². The average molecular weight is 572 g/mol. The molecule has 31 heavy (non-hydrogen) atoms. The molecule has 0 aliphatic heterocycles. The zero-order valence-corrected chi connectivity index (χ0v) is 21.7. The molecule has 0 amide bonds. The van der Waals surface area contributed by atoms with Crippen molar-refractivity contribution in [2.75, 3.05) is 13.7 Å². The number of rotatable bonds is 5. The Balaban J connectivity index is 2.05. The Morgan fingerprint density at radius 3 is 2.61 bits per heavy atom. The number of methoxy groups -OCH3 is 1. The number of nitrogens with zero attached hydrogens (tertiary/aromatic N) is 3. The lowest BCUT2D eigenvalue weighted by molar-refractivity contribution is 0.191. The molecule has 3 aromatic rings. The first-order valence-corrected chi connectivity index (χ1v) is 11.4. The van der Waals surface area contributed by atoms with Crippen molar-refractivity contribution in [3.63, 3.8) is 0 Å². The Morgan fingerprint density at radius 2 is 1.97 bits per heavy atom. The van der Waals surface area contributed by atoms with Crippen molar-refractivity contribution in [3.8, 4) is 11.5 Å². The monoisotopic (exact) mass is 569 g/mol. The van der Waals surface area contributed by atoms with Gasteiger partial charge < -0.3 is 9.47 Å². The van der Waals surface area contributed by atoms with Gasteiger partial charge in [-0.25, -0.2) is 4.98 Å². The Morgan fingerprint density at radius 1 is 1.26 bits per heavy atom. The molecular weight excluding hydrogens is 550 g/mol. The van der Waals surface area contributed by atoms with Crippen LogP contribution in [0.15, 0.2) is 43.1 Å². The third-order valence-corrected chi connectivity index (χ3v) is 6.24. The average Bonchev–Trinajstić information content (AvgIpc) is 2.69. The van der Waals surface area contributed by atoms with Crippen LogP contribution in [0.4, 0.5) is 0 Å². The van der Waals surface area contributed by atoms with Crippen LogP contribution >= 0.6 is 43.5 Å². The summed E-state index contributed by atoms with van der Waals surface area (Å²) in [5, 5.41) is 5.20. The van der Waals surface area contributed by atoms with Crippen LogP contribution in [-0.4, -0.2) is 29.6 Å². The summed E-state index contributed by atoms with van der Waals surface area (Å²) < 4.78 is 14.0. The summed E-state index contributed by atoms with van der Waals surface area (Å²) in [6.45, 7) is 8.40. The fourth-order valence-corrected chi connectivity index (χ4v) is 3.80. The smallest absolute Gasteiger partial charge is 0.282 e. The van der Waals surface area contributed by atoms with E-state index in [-0.39, 0.29) is 11.0 Å². The molecule has 2 aromatic carbocycles. The molecule has 0 bridgehead atoms. The minimum Gasteiger partial charge on any atom is -0.493 e.